The highest BCUT2D eigenvalue weighted by atomic mass is 16.5. The molecule has 0 saturated carbocycles. The molecule has 1 fully saturated rings. The molecule has 1 aliphatic heterocycles. The van der Waals surface area contributed by atoms with Crippen molar-refractivity contribution in [3.63, 3.8) is 0 Å². The maximum atomic E-state index is 12.4. The van der Waals surface area contributed by atoms with E-state index >= 15 is 0 Å². The van der Waals surface area contributed by atoms with Gasteiger partial charge in [-0.25, -0.2) is 0 Å². The van der Waals surface area contributed by atoms with E-state index in [2.05, 4.69) is 13.8 Å². The molecule has 0 bridgehead atoms. The molecule has 1 aromatic carbocycles. The molecule has 19 heavy (non-hydrogen) atoms. The van der Waals surface area contributed by atoms with Crippen LogP contribution in [0.1, 0.15) is 30.6 Å². The number of ether oxygens (including phenoxy) is 1. The summed E-state index contributed by atoms with van der Waals surface area (Å²) in [5.74, 6) is 0.833. The molecule has 4 nitrogen and oxygen atoms in total. The topological polar surface area (TPSA) is 55.6 Å². The summed E-state index contributed by atoms with van der Waals surface area (Å²) in [6.07, 6.45) is 0.856. The van der Waals surface area contributed by atoms with E-state index in [1.165, 1.54) is 0 Å². The van der Waals surface area contributed by atoms with Crippen LogP contribution in [0.3, 0.4) is 0 Å². The Labute approximate surface area is 114 Å². The highest BCUT2D eigenvalue weighted by molar-refractivity contribution is 5.94. The van der Waals surface area contributed by atoms with Crippen LogP contribution in [0, 0.1) is 5.41 Å². The number of methoxy groups -OCH3 is 1. The fourth-order valence-corrected chi connectivity index (χ4v) is 2.46. The van der Waals surface area contributed by atoms with Crippen LogP contribution in [0.25, 0.3) is 0 Å². The molecule has 1 aliphatic rings. The normalized spacial score (nSPS) is 22.1. The summed E-state index contributed by atoms with van der Waals surface area (Å²) in [5.41, 5.74) is 6.77. The molecule has 1 unspecified atom stereocenters. The van der Waals surface area contributed by atoms with Gasteiger partial charge in [-0.05, 0) is 36.1 Å². The van der Waals surface area contributed by atoms with Crippen LogP contribution in [0.5, 0.6) is 5.75 Å². The first-order valence-electron chi connectivity index (χ1n) is 6.63. The second-order valence-electron chi connectivity index (χ2n) is 5.84. The molecular weight excluding hydrogens is 240 g/mol. The van der Waals surface area contributed by atoms with Crippen molar-refractivity contribution in [1.29, 1.82) is 0 Å². The first-order valence-corrected chi connectivity index (χ1v) is 6.63. The number of nitrogens with two attached hydrogens (primary N) is 1. The number of piperidine rings is 1. The number of hydrogen-bond acceptors (Lipinski definition) is 3. The number of carbonyl (C=O) groups is 1. The molecule has 104 valence electrons. The minimum Gasteiger partial charge on any atom is -0.497 e. The van der Waals surface area contributed by atoms with Crippen LogP contribution in [-0.2, 0) is 0 Å². The van der Waals surface area contributed by atoms with E-state index in [1.807, 2.05) is 29.2 Å². The Hall–Kier alpha value is -1.55. The van der Waals surface area contributed by atoms with Crippen LogP contribution in [0.4, 0.5) is 0 Å². The van der Waals surface area contributed by atoms with E-state index in [-0.39, 0.29) is 17.4 Å². The van der Waals surface area contributed by atoms with Gasteiger partial charge in [-0.15, -0.1) is 0 Å². The van der Waals surface area contributed by atoms with Crippen LogP contribution < -0.4 is 10.5 Å². The summed E-state index contributed by atoms with van der Waals surface area (Å²) in [6.45, 7) is 5.67. The molecule has 1 heterocycles. The van der Waals surface area contributed by atoms with Gasteiger partial charge in [-0.2, -0.15) is 0 Å². The number of amides is 1. The lowest BCUT2D eigenvalue weighted by Gasteiger charge is -2.42. The fourth-order valence-electron chi connectivity index (χ4n) is 2.46. The van der Waals surface area contributed by atoms with Crippen LogP contribution >= 0.6 is 0 Å². The molecule has 0 spiro atoms. The zero-order valence-electron chi connectivity index (χ0n) is 11.8. The van der Waals surface area contributed by atoms with Crippen molar-refractivity contribution in [3.8, 4) is 5.75 Å². The summed E-state index contributed by atoms with van der Waals surface area (Å²) >= 11 is 0. The third-order valence-corrected chi connectivity index (χ3v) is 3.94. The molecule has 1 amide bonds. The number of carbonyl (C=O) groups excluding carboxylic acids is 1. The maximum absolute atomic E-state index is 12.4. The Kier molecular flexibility index (Phi) is 3.80. The summed E-state index contributed by atoms with van der Waals surface area (Å²) < 4.78 is 5.10. The van der Waals surface area contributed by atoms with E-state index in [0.717, 1.165) is 18.7 Å². The summed E-state index contributed by atoms with van der Waals surface area (Å²) in [5, 5.41) is 0. The predicted molar refractivity (Wildman–Crippen MR) is 75.3 cm³/mol. The van der Waals surface area contributed by atoms with Gasteiger partial charge in [0.25, 0.3) is 5.91 Å². The van der Waals surface area contributed by atoms with Gasteiger partial charge in [0.05, 0.1) is 7.11 Å². The number of nitrogens with zero attached hydrogens (tertiary/aromatic N) is 1. The third-order valence-electron chi connectivity index (χ3n) is 3.94. The third kappa shape index (κ3) is 2.89. The van der Waals surface area contributed by atoms with E-state index in [9.17, 15) is 4.79 Å². The molecule has 2 rings (SSSR count). The number of benzene rings is 1. The quantitative estimate of drug-likeness (QED) is 0.885. The maximum Gasteiger partial charge on any atom is 0.253 e. The van der Waals surface area contributed by atoms with E-state index in [1.54, 1.807) is 7.11 Å². The lowest BCUT2D eigenvalue weighted by Crippen LogP contribution is -2.53. The Bertz CT molecular complexity index is 454. The van der Waals surface area contributed by atoms with Crippen molar-refractivity contribution in [1.82, 2.24) is 4.90 Å². The molecule has 1 saturated heterocycles. The average molecular weight is 262 g/mol. The van der Waals surface area contributed by atoms with Gasteiger partial charge >= 0.3 is 0 Å². The lowest BCUT2D eigenvalue weighted by molar-refractivity contribution is 0.0533. The van der Waals surface area contributed by atoms with Crippen molar-refractivity contribution in [2.75, 3.05) is 20.2 Å². The number of likely N-dealkylation sites (tertiary alicyclic amines) is 1. The monoisotopic (exact) mass is 262 g/mol. The minimum absolute atomic E-state index is 0.0274. The minimum atomic E-state index is -0.0274. The average Bonchev–Trinajstić information content (AvgIpc) is 2.41. The molecule has 2 N–H and O–H groups in total. The molecule has 0 aliphatic carbocycles. The first kappa shape index (κ1) is 13.9. The van der Waals surface area contributed by atoms with Gasteiger partial charge in [-0.3, -0.25) is 4.79 Å². The molecule has 0 aromatic heterocycles. The van der Waals surface area contributed by atoms with Crippen molar-refractivity contribution in [2.24, 2.45) is 11.1 Å². The molecule has 1 atom stereocenters. The van der Waals surface area contributed by atoms with Gasteiger partial charge in [0.1, 0.15) is 5.75 Å². The van der Waals surface area contributed by atoms with E-state index in [4.69, 9.17) is 10.5 Å². The first-order chi connectivity index (χ1) is 8.94. The summed E-state index contributed by atoms with van der Waals surface area (Å²) in [7, 11) is 1.62. The van der Waals surface area contributed by atoms with Crippen molar-refractivity contribution in [3.05, 3.63) is 29.8 Å². The largest absolute Gasteiger partial charge is 0.497 e. The molecule has 1 aromatic rings. The van der Waals surface area contributed by atoms with E-state index in [0.29, 0.717) is 12.1 Å². The summed E-state index contributed by atoms with van der Waals surface area (Å²) in [6, 6.07) is 7.40. The summed E-state index contributed by atoms with van der Waals surface area (Å²) in [4.78, 5) is 14.3. The molecule has 4 heteroatoms. The lowest BCUT2D eigenvalue weighted by atomic mass is 9.79. The van der Waals surface area contributed by atoms with Crippen molar-refractivity contribution in [2.45, 2.75) is 26.3 Å². The standard InChI is InChI=1S/C15H22N2O2/c1-15(2)10-17(9-8-13(15)16)14(18)11-4-6-12(19-3)7-5-11/h4-7,13H,8-10,16H2,1-3H3. The number of rotatable bonds is 2. The van der Waals surface area contributed by atoms with Crippen LogP contribution in [0.15, 0.2) is 24.3 Å². The number of hydrogen-bond donors (Lipinski definition) is 1. The Morgan fingerprint density at radius 3 is 2.53 bits per heavy atom. The van der Waals surface area contributed by atoms with Gasteiger partial charge in [0.15, 0.2) is 0 Å². The second kappa shape index (κ2) is 5.21. The van der Waals surface area contributed by atoms with Crippen LogP contribution in [0.2, 0.25) is 0 Å². The zero-order valence-corrected chi connectivity index (χ0v) is 11.8. The zero-order chi connectivity index (χ0) is 14.0. The Balaban J connectivity index is 2.11. The Morgan fingerprint density at radius 2 is 2.00 bits per heavy atom. The Morgan fingerprint density at radius 1 is 1.37 bits per heavy atom. The van der Waals surface area contributed by atoms with Gasteiger partial charge in [-0.1, -0.05) is 13.8 Å². The van der Waals surface area contributed by atoms with Crippen molar-refractivity contribution >= 4 is 5.91 Å². The SMILES string of the molecule is COc1ccc(C(=O)N2CCC(N)C(C)(C)C2)cc1. The van der Waals surface area contributed by atoms with Gasteiger partial charge in [0.2, 0.25) is 0 Å². The van der Waals surface area contributed by atoms with Crippen LogP contribution in [-0.4, -0.2) is 37.0 Å². The highest BCUT2D eigenvalue weighted by Crippen LogP contribution is 2.28. The fraction of sp³-hybridized carbons (Fsp3) is 0.533. The molecule has 0 radical (unpaired) electrons. The second-order valence-corrected chi connectivity index (χ2v) is 5.84. The smallest absolute Gasteiger partial charge is 0.253 e. The van der Waals surface area contributed by atoms with E-state index < -0.39 is 0 Å². The van der Waals surface area contributed by atoms with Gasteiger partial charge < -0.3 is 15.4 Å². The predicted octanol–water partition coefficient (Wildman–Crippen LogP) is 1.89. The van der Waals surface area contributed by atoms with Crippen molar-refractivity contribution < 1.29 is 9.53 Å². The molecular formula is C15H22N2O2. The highest BCUT2D eigenvalue weighted by Gasteiger charge is 2.35. The van der Waals surface area contributed by atoms with Gasteiger partial charge in [0, 0.05) is 24.7 Å².